The van der Waals surface area contributed by atoms with Crippen LogP contribution in [0.3, 0.4) is 0 Å². The van der Waals surface area contributed by atoms with Crippen LogP contribution in [0.25, 0.3) is 0 Å². The Balaban J connectivity index is 1.45. The van der Waals surface area contributed by atoms with Gasteiger partial charge in [-0.15, -0.1) is 0 Å². The molecule has 0 bridgehead atoms. The lowest BCUT2D eigenvalue weighted by Crippen LogP contribution is -2.46. The molecule has 5 rings (SSSR count). The summed E-state index contributed by atoms with van der Waals surface area (Å²) in [5.74, 6) is 2.96. The van der Waals surface area contributed by atoms with Gasteiger partial charge in [0.25, 0.3) is 0 Å². The van der Waals surface area contributed by atoms with Gasteiger partial charge in [0.1, 0.15) is 23.9 Å². The van der Waals surface area contributed by atoms with Gasteiger partial charge in [-0.1, -0.05) is 50.6 Å². The Bertz CT molecular complexity index is 1080. The van der Waals surface area contributed by atoms with Crippen molar-refractivity contribution in [2.75, 3.05) is 26.2 Å². The van der Waals surface area contributed by atoms with Crippen molar-refractivity contribution < 1.29 is 14.6 Å². The molecule has 2 aromatic carbocycles. The highest BCUT2D eigenvalue weighted by atomic mass is 35.5. The standard InChI is InChI=1S/C30H38ClNO3/c1-4-32(5-2)16-17-35-20-8-6-19(7-9-20)24-18-30(3)25(13-15-27(30)34)23-11-10-22-21(28(23)24)12-14-26(33)29(22)31/h6-9,12,14,23-25,28,33H,4-5,10-11,13,15-18H2,1-3H3/t23-,24?,25-,28+,30-/m0/s1. The van der Waals surface area contributed by atoms with Crippen LogP contribution in [-0.2, 0) is 11.2 Å². The first-order valence-corrected chi connectivity index (χ1v) is 13.7. The summed E-state index contributed by atoms with van der Waals surface area (Å²) in [6.45, 7) is 10.2. The molecule has 3 aliphatic carbocycles. The van der Waals surface area contributed by atoms with E-state index in [0.717, 1.165) is 56.6 Å². The number of benzene rings is 2. The van der Waals surface area contributed by atoms with Gasteiger partial charge in [0.05, 0.1) is 5.02 Å². The maximum absolute atomic E-state index is 13.1. The summed E-state index contributed by atoms with van der Waals surface area (Å²) in [6.07, 6.45) is 4.48. The summed E-state index contributed by atoms with van der Waals surface area (Å²) in [5, 5.41) is 10.8. The van der Waals surface area contributed by atoms with Crippen LogP contribution in [0.15, 0.2) is 36.4 Å². The summed E-state index contributed by atoms with van der Waals surface area (Å²) in [5.41, 5.74) is 3.40. The lowest BCUT2D eigenvalue weighted by molar-refractivity contribution is -0.130. The summed E-state index contributed by atoms with van der Waals surface area (Å²) >= 11 is 6.59. The Morgan fingerprint density at radius 2 is 1.83 bits per heavy atom. The predicted molar refractivity (Wildman–Crippen MR) is 141 cm³/mol. The lowest BCUT2D eigenvalue weighted by Gasteiger charge is -2.52. The number of hydrogen-bond acceptors (Lipinski definition) is 4. The molecular formula is C30H38ClNO3. The third-order valence-electron chi connectivity index (χ3n) is 9.42. The molecule has 3 aliphatic rings. The molecule has 5 atom stereocenters. The van der Waals surface area contributed by atoms with Crippen molar-refractivity contribution in [3.63, 3.8) is 0 Å². The van der Waals surface area contributed by atoms with Crippen LogP contribution in [0.5, 0.6) is 11.5 Å². The largest absolute Gasteiger partial charge is 0.506 e. The molecule has 2 saturated carbocycles. The van der Waals surface area contributed by atoms with Gasteiger partial charge < -0.3 is 14.7 Å². The van der Waals surface area contributed by atoms with Crippen molar-refractivity contribution in [3.8, 4) is 11.5 Å². The first-order chi connectivity index (χ1) is 16.9. The number of Topliss-reactive ketones (excluding diaryl/α,β-unsaturated/α-hetero) is 1. The zero-order valence-electron chi connectivity index (χ0n) is 21.2. The topological polar surface area (TPSA) is 49.8 Å². The van der Waals surface area contributed by atoms with Crippen LogP contribution in [0.2, 0.25) is 5.02 Å². The molecule has 188 valence electrons. The maximum atomic E-state index is 13.1. The van der Waals surface area contributed by atoms with Gasteiger partial charge in [0, 0.05) is 18.4 Å². The van der Waals surface area contributed by atoms with Gasteiger partial charge in [-0.3, -0.25) is 4.79 Å². The maximum Gasteiger partial charge on any atom is 0.139 e. The van der Waals surface area contributed by atoms with Gasteiger partial charge in [-0.05, 0) is 97.3 Å². The first kappa shape index (κ1) is 24.6. The number of nitrogens with zero attached hydrogens (tertiary/aromatic N) is 1. The van der Waals surface area contributed by atoms with Crippen molar-refractivity contribution in [1.29, 1.82) is 0 Å². The third kappa shape index (κ3) is 4.27. The predicted octanol–water partition coefficient (Wildman–Crippen LogP) is 6.59. The smallest absolute Gasteiger partial charge is 0.139 e. The summed E-state index contributed by atoms with van der Waals surface area (Å²) in [6, 6.07) is 12.4. The number of fused-ring (bicyclic) bond motifs is 5. The minimum absolute atomic E-state index is 0.170. The van der Waals surface area contributed by atoms with Crippen LogP contribution in [0, 0.1) is 17.3 Å². The average Bonchev–Trinajstić information content (AvgIpc) is 3.18. The lowest BCUT2D eigenvalue weighted by atomic mass is 9.51. The van der Waals surface area contributed by atoms with Gasteiger partial charge in [-0.25, -0.2) is 0 Å². The SMILES string of the molecule is CCN(CC)CCOc1ccc(C2C[C@]3(C)C(=O)CC[C@H]3[C@@H]3CCc4c(ccc(O)c4Cl)[C@@H]23)cc1. The van der Waals surface area contributed by atoms with E-state index in [1.165, 1.54) is 11.1 Å². The summed E-state index contributed by atoms with van der Waals surface area (Å²) < 4.78 is 6.04. The molecule has 5 heteroatoms. The second kappa shape index (κ2) is 9.78. The Labute approximate surface area is 214 Å². The highest BCUT2D eigenvalue weighted by molar-refractivity contribution is 6.32. The molecular weight excluding hydrogens is 458 g/mol. The number of halogens is 1. The van der Waals surface area contributed by atoms with Crippen molar-refractivity contribution in [2.24, 2.45) is 17.3 Å². The Morgan fingerprint density at radius 3 is 2.54 bits per heavy atom. The van der Waals surface area contributed by atoms with Crippen molar-refractivity contribution in [3.05, 3.63) is 58.1 Å². The number of likely N-dealkylation sites (N-methyl/N-ethyl adjacent to an activating group) is 1. The molecule has 0 aliphatic heterocycles. The van der Waals surface area contributed by atoms with E-state index in [0.29, 0.717) is 41.6 Å². The van der Waals surface area contributed by atoms with E-state index in [1.807, 2.05) is 0 Å². The Hall–Kier alpha value is -2.04. The van der Waals surface area contributed by atoms with E-state index < -0.39 is 0 Å². The molecule has 0 aromatic heterocycles. The minimum Gasteiger partial charge on any atom is -0.506 e. The molecule has 0 spiro atoms. The summed E-state index contributed by atoms with van der Waals surface area (Å²) in [4.78, 5) is 15.5. The van der Waals surface area contributed by atoms with E-state index in [1.54, 1.807) is 6.07 Å². The zero-order chi connectivity index (χ0) is 24.7. The van der Waals surface area contributed by atoms with Crippen LogP contribution in [0.1, 0.15) is 75.0 Å². The van der Waals surface area contributed by atoms with Crippen LogP contribution in [-0.4, -0.2) is 42.0 Å². The van der Waals surface area contributed by atoms with Crippen LogP contribution in [0.4, 0.5) is 0 Å². The van der Waals surface area contributed by atoms with Crippen molar-refractivity contribution in [2.45, 2.75) is 64.7 Å². The molecule has 0 amide bonds. The van der Waals surface area contributed by atoms with E-state index in [-0.39, 0.29) is 17.1 Å². The van der Waals surface area contributed by atoms with Crippen molar-refractivity contribution >= 4 is 17.4 Å². The fraction of sp³-hybridized carbons (Fsp3) is 0.567. The van der Waals surface area contributed by atoms with Crippen LogP contribution < -0.4 is 4.74 Å². The first-order valence-electron chi connectivity index (χ1n) is 13.4. The van der Waals surface area contributed by atoms with Crippen molar-refractivity contribution in [1.82, 2.24) is 4.90 Å². The normalized spacial score (nSPS) is 29.6. The quantitative estimate of drug-likeness (QED) is 0.471. The highest BCUT2D eigenvalue weighted by Crippen LogP contribution is 2.64. The van der Waals surface area contributed by atoms with E-state index in [4.69, 9.17) is 16.3 Å². The number of ether oxygens (including phenoxy) is 1. The fourth-order valence-corrected chi connectivity index (χ4v) is 7.75. The summed E-state index contributed by atoms with van der Waals surface area (Å²) in [7, 11) is 0. The third-order valence-corrected chi connectivity index (χ3v) is 9.84. The second-order valence-corrected chi connectivity index (χ2v) is 11.3. The molecule has 0 heterocycles. The number of phenolic OH excluding ortho intramolecular Hbond substituents is 1. The fourth-order valence-electron chi connectivity index (χ4n) is 7.48. The molecule has 0 radical (unpaired) electrons. The van der Waals surface area contributed by atoms with E-state index >= 15 is 0 Å². The highest BCUT2D eigenvalue weighted by Gasteiger charge is 2.58. The van der Waals surface area contributed by atoms with Gasteiger partial charge in [0.15, 0.2) is 0 Å². The number of rotatable bonds is 7. The molecule has 2 fully saturated rings. The van der Waals surface area contributed by atoms with Crippen LogP contribution >= 0.6 is 11.6 Å². The molecule has 0 saturated heterocycles. The minimum atomic E-state index is -0.247. The van der Waals surface area contributed by atoms with Gasteiger partial charge >= 0.3 is 0 Å². The molecule has 1 N–H and O–H groups in total. The molecule has 1 unspecified atom stereocenters. The molecule has 4 nitrogen and oxygen atoms in total. The number of phenols is 1. The Kier molecular flexibility index (Phi) is 6.89. The number of hydrogen-bond donors (Lipinski definition) is 1. The molecule has 35 heavy (non-hydrogen) atoms. The monoisotopic (exact) mass is 495 g/mol. The zero-order valence-corrected chi connectivity index (χ0v) is 22.0. The van der Waals surface area contributed by atoms with E-state index in [2.05, 4.69) is 56.0 Å². The molecule has 2 aromatic rings. The number of ketones is 1. The van der Waals surface area contributed by atoms with E-state index in [9.17, 15) is 9.90 Å². The number of aromatic hydroxyl groups is 1. The Morgan fingerprint density at radius 1 is 1.09 bits per heavy atom. The van der Waals surface area contributed by atoms with Gasteiger partial charge in [-0.2, -0.15) is 0 Å². The average molecular weight is 496 g/mol. The second-order valence-electron chi connectivity index (χ2n) is 10.9. The van der Waals surface area contributed by atoms with Gasteiger partial charge in [0.2, 0.25) is 0 Å². The number of carbonyl (C=O) groups is 1. The number of carbonyl (C=O) groups excluding carboxylic acids is 1.